The lowest BCUT2D eigenvalue weighted by Gasteiger charge is -2.48. The fourth-order valence-corrected chi connectivity index (χ4v) is 4.98. The van der Waals surface area contributed by atoms with Crippen molar-refractivity contribution in [2.24, 2.45) is 0 Å². The summed E-state index contributed by atoms with van der Waals surface area (Å²) in [5.41, 5.74) is 0.148. The Morgan fingerprint density at radius 1 is 1.13 bits per heavy atom. The molecule has 3 atom stereocenters. The minimum Gasteiger partial charge on any atom is -0.388 e. The molecule has 162 valence electrons. The van der Waals surface area contributed by atoms with E-state index >= 15 is 0 Å². The van der Waals surface area contributed by atoms with Gasteiger partial charge in [-0.1, -0.05) is 18.2 Å². The van der Waals surface area contributed by atoms with Crippen molar-refractivity contribution in [1.82, 2.24) is 10.2 Å². The monoisotopic (exact) mass is 442 g/mol. The molecule has 0 radical (unpaired) electrons. The zero-order chi connectivity index (χ0) is 22.0. The van der Waals surface area contributed by atoms with Crippen molar-refractivity contribution in [2.45, 2.75) is 37.6 Å². The Morgan fingerprint density at radius 3 is 2.39 bits per heavy atom. The molecule has 0 spiro atoms. The molecule has 4 rings (SSSR count). The second kappa shape index (κ2) is 8.86. The highest BCUT2D eigenvalue weighted by Gasteiger charge is 2.46. The van der Waals surface area contributed by atoms with Crippen LogP contribution in [0.2, 0.25) is 0 Å². The average molecular weight is 443 g/mol. The van der Waals surface area contributed by atoms with Gasteiger partial charge in [0, 0.05) is 23.5 Å². The van der Waals surface area contributed by atoms with Crippen LogP contribution in [0.3, 0.4) is 0 Å². The van der Waals surface area contributed by atoms with Crippen LogP contribution in [-0.4, -0.2) is 34.1 Å². The van der Waals surface area contributed by atoms with E-state index in [9.17, 15) is 18.7 Å². The van der Waals surface area contributed by atoms with Crippen molar-refractivity contribution in [3.63, 3.8) is 0 Å². The highest BCUT2D eigenvalue weighted by Crippen LogP contribution is 2.39. The number of aliphatic hydroxyl groups is 1. The summed E-state index contributed by atoms with van der Waals surface area (Å²) >= 11 is 1.56. The first-order valence-electron chi connectivity index (χ1n) is 10.1. The molecule has 1 aliphatic heterocycles. The predicted molar refractivity (Wildman–Crippen MR) is 117 cm³/mol. The summed E-state index contributed by atoms with van der Waals surface area (Å²) in [4.78, 5) is 16.1. The number of carbonyl (C=O) groups excluding carboxylic acids is 1. The molecule has 1 fully saturated rings. The fourth-order valence-electron chi connectivity index (χ4n) is 4.08. The molecule has 3 unspecified atom stereocenters. The van der Waals surface area contributed by atoms with Crippen LogP contribution in [-0.2, 0) is 6.54 Å². The lowest BCUT2D eigenvalue weighted by Crippen LogP contribution is -2.62. The van der Waals surface area contributed by atoms with E-state index in [1.54, 1.807) is 30.4 Å². The molecule has 31 heavy (non-hydrogen) atoms. The fraction of sp³-hybridized carbons (Fsp3) is 0.292. The molecule has 0 bridgehead atoms. The number of hydrogen-bond donors (Lipinski definition) is 2. The highest BCUT2D eigenvalue weighted by molar-refractivity contribution is 7.10. The topological polar surface area (TPSA) is 52.6 Å². The Bertz CT molecular complexity index is 1020. The van der Waals surface area contributed by atoms with Crippen LogP contribution >= 0.6 is 11.3 Å². The van der Waals surface area contributed by atoms with Gasteiger partial charge in [0.2, 0.25) is 0 Å². The maximum atomic E-state index is 13.3. The second-order valence-corrected chi connectivity index (χ2v) is 9.10. The number of rotatable bonds is 5. The van der Waals surface area contributed by atoms with Crippen LogP contribution in [0.25, 0.3) is 0 Å². The van der Waals surface area contributed by atoms with E-state index in [4.69, 9.17) is 0 Å². The first-order chi connectivity index (χ1) is 14.8. The Labute approximate surface area is 184 Å². The maximum absolute atomic E-state index is 13.3. The molecular weight excluding hydrogens is 418 g/mol. The molecule has 1 aliphatic rings. The third-order valence-electron chi connectivity index (χ3n) is 5.81. The number of amides is 1. The van der Waals surface area contributed by atoms with Gasteiger partial charge in [-0.25, -0.2) is 8.78 Å². The molecule has 2 aromatic carbocycles. The van der Waals surface area contributed by atoms with Crippen molar-refractivity contribution in [2.75, 3.05) is 6.54 Å². The summed E-state index contributed by atoms with van der Waals surface area (Å²) in [7, 11) is 0. The lowest BCUT2D eigenvalue weighted by molar-refractivity contribution is -0.0656. The van der Waals surface area contributed by atoms with Crippen LogP contribution in [0.15, 0.2) is 66.0 Å². The Kier molecular flexibility index (Phi) is 6.18. The van der Waals surface area contributed by atoms with Crippen molar-refractivity contribution < 1.29 is 18.7 Å². The third-order valence-corrected chi connectivity index (χ3v) is 6.75. The van der Waals surface area contributed by atoms with Crippen LogP contribution in [0, 0.1) is 11.6 Å². The molecular formula is C24H24F2N2O2S. The normalized spacial score (nSPS) is 24.1. The van der Waals surface area contributed by atoms with Crippen LogP contribution < -0.4 is 5.32 Å². The quantitative estimate of drug-likeness (QED) is 0.611. The van der Waals surface area contributed by atoms with Gasteiger partial charge in [-0.05, 0) is 66.8 Å². The number of thiophene rings is 1. The highest BCUT2D eigenvalue weighted by atomic mass is 32.1. The number of benzene rings is 2. The van der Waals surface area contributed by atoms with Gasteiger partial charge in [-0.15, -0.1) is 11.3 Å². The summed E-state index contributed by atoms with van der Waals surface area (Å²) in [6.07, 6.45) is 0.463. The number of likely N-dealkylation sites (tertiary alicyclic amines) is 1. The van der Waals surface area contributed by atoms with Crippen molar-refractivity contribution in [1.29, 1.82) is 0 Å². The van der Waals surface area contributed by atoms with Crippen LogP contribution in [0.5, 0.6) is 0 Å². The van der Waals surface area contributed by atoms with Gasteiger partial charge in [0.15, 0.2) is 0 Å². The SMILES string of the molecule is CC1(O)CCN(Cc2ccc(F)cc2)C(c2cccs2)C1NC(=O)c1ccc(F)cc1. The number of halogens is 2. The number of hydrogen-bond acceptors (Lipinski definition) is 4. The van der Waals surface area contributed by atoms with E-state index in [-0.39, 0.29) is 17.8 Å². The van der Waals surface area contributed by atoms with Crippen LogP contribution in [0.4, 0.5) is 8.78 Å². The number of carbonyl (C=O) groups is 1. The van der Waals surface area contributed by atoms with E-state index in [0.717, 1.165) is 10.4 Å². The smallest absolute Gasteiger partial charge is 0.251 e. The zero-order valence-electron chi connectivity index (χ0n) is 17.1. The van der Waals surface area contributed by atoms with Gasteiger partial charge in [-0.3, -0.25) is 9.69 Å². The minimum atomic E-state index is -1.14. The predicted octanol–water partition coefficient (Wildman–Crippen LogP) is 4.52. The Morgan fingerprint density at radius 2 is 1.77 bits per heavy atom. The van der Waals surface area contributed by atoms with E-state index in [0.29, 0.717) is 25.1 Å². The molecule has 7 heteroatoms. The Balaban J connectivity index is 1.64. The van der Waals surface area contributed by atoms with E-state index in [2.05, 4.69) is 10.2 Å². The van der Waals surface area contributed by atoms with Crippen LogP contribution in [0.1, 0.15) is 40.2 Å². The summed E-state index contributed by atoms with van der Waals surface area (Å²) < 4.78 is 26.6. The first-order valence-corrected chi connectivity index (χ1v) is 11.0. The van der Waals surface area contributed by atoms with Gasteiger partial charge in [-0.2, -0.15) is 0 Å². The van der Waals surface area contributed by atoms with Gasteiger partial charge in [0.05, 0.1) is 17.7 Å². The molecule has 1 amide bonds. The molecule has 1 aromatic heterocycles. The molecule has 0 saturated carbocycles. The van der Waals surface area contributed by atoms with E-state index in [1.807, 2.05) is 17.5 Å². The number of nitrogens with one attached hydrogen (secondary N) is 1. The largest absolute Gasteiger partial charge is 0.388 e. The number of nitrogens with zero attached hydrogens (tertiary/aromatic N) is 1. The average Bonchev–Trinajstić information content (AvgIpc) is 3.27. The van der Waals surface area contributed by atoms with Gasteiger partial charge in [0.25, 0.3) is 5.91 Å². The lowest BCUT2D eigenvalue weighted by atomic mass is 9.81. The second-order valence-electron chi connectivity index (χ2n) is 8.12. The van der Waals surface area contributed by atoms with Gasteiger partial charge < -0.3 is 10.4 Å². The summed E-state index contributed by atoms with van der Waals surface area (Å²) in [5.74, 6) is -1.07. The number of piperidine rings is 1. The van der Waals surface area contributed by atoms with Gasteiger partial charge in [0.1, 0.15) is 11.6 Å². The summed E-state index contributed by atoms with van der Waals surface area (Å²) in [6, 6.07) is 14.8. The van der Waals surface area contributed by atoms with Gasteiger partial charge >= 0.3 is 0 Å². The molecule has 4 nitrogen and oxygen atoms in total. The standard InChI is InChI=1S/C24H24F2N2O2S/c1-24(30)12-13-28(15-16-4-8-18(25)9-5-16)21(20-3-2-14-31-20)22(24)27-23(29)17-6-10-19(26)11-7-17/h2-11,14,21-22,30H,12-13,15H2,1H3,(H,27,29). The van der Waals surface area contributed by atoms with Crippen molar-refractivity contribution in [3.8, 4) is 0 Å². The third kappa shape index (κ3) is 4.84. The summed E-state index contributed by atoms with van der Waals surface area (Å²) in [5, 5.41) is 16.2. The maximum Gasteiger partial charge on any atom is 0.251 e. The molecule has 3 aromatic rings. The van der Waals surface area contributed by atoms with Crippen molar-refractivity contribution in [3.05, 3.63) is 93.7 Å². The molecule has 2 heterocycles. The Hall–Kier alpha value is -2.61. The van der Waals surface area contributed by atoms with Crippen molar-refractivity contribution >= 4 is 17.2 Å². The zero-order valence-corrected chi connectivity index (χ0v) is 17.9. The minimum absolute atomic E-state index is 0.266. The van der Waals surface area contributed by atoms with E-state index < -0.39 is 17.5 Å². The molecule has 0 aliphatic carbocycles. The van der Waals surface area contributed by atoms with E-state index in [1.165, 1.54) is 36.4 Å². The molecule has 1 saturated heterocycles. The summed E-state index contributed by atoms with van der Waals surface area (Å²) in [6.45, 7) is 2.91. The first kappa shape index (κ1) is 21.6. The molecule has 2 N–H and O–H groups in total.